The van der Waals surface area contributed by atoms with Crippen LogP contribution in [0.5, 0.6) is 0 Å². The molecular weight excluding hydrogens is 324 g/mol. The maximum atomic E-state index is 12.4. The van der Waals surface area contributed by atoms with E-state index in [1.54, 1.807) is 20.8 Å². The standard InChI is InChI=1S/C14H24N2O6S/c1-14(2,3)22-13(20)16-5-6-23-8-10(16)11(18)15-9(7-17)12(19)21-4/h9-10,17H,5-8H2,1-4H3,(H,15,18)/t9-,10?/m0/s1. The van der Waals surface area contributed by atoms with Crippen LogP contribution in [-0.4, -0.2) is 77.4 Å². The second kappa shape index (κ2) is 8.39. The van der Waals surface area contributed by atoms with Crippen LogP contribution >= 0.6 is 11.8 Å². The Kier molecular flexibility index (Phi) is 7.14. The van der Waals surface area contributed by atoms with Crippen molar-refractivity contribution in [1.82, 2.24) is 10.2 Å². The van der Waals surface area contributed by atoms with Crippen molar-refractivity contribution in [2.45, 2.75) is 38.5 Å². The molecular formula is C14H24N2O6S. The molecule has 2 amide bonds. The first kappa shape index (κ1) is 19.6. The van der Waals surface area contributed by atoms with Crippen LogP contribution in [0.4, 0.5) is 4.79 Å². The Labute approximate surface area is 139 Å². The molecule has 0 aromatic carbocycles. The molecule has 1 aliphatic rings. The summed E-state index contributed by atoms with van der Waals surface area (Å²) in [6.07, 6.45) is -0.573. The third kappa shape index (κ3) is 5.91. The number of aliphatic hydroxyl groups is 1. The van der Waals surface area contributed by atoms with Gasteiger partial charge in [-0.3, -0.25) is 9.69 Å². The zero-order valence-corrected chi connectivity index (χ0v) is 14.6. The average Bonchev–Trinajstić information content (AvgIpc) is 2.49. The lowest BCUT2D eigenvalue weighted by Gasteiger charge is -2.35. The number of nitrogens with one attached hydrogen (secondary N) is 1. The highest BCUT2D eigenvalue weighted by Gasteiger charge is 2.36. The number of hydrogen-bond acceptors (Lipinski definition) is 7. The molecule has 0 spiro atoms. The molecule has 1 fully saturated rings. The molecule has 0 radical (unpaired) electrons. The molecule has 0 aromatic rings. The molecule has 9 heteroatoms. The number of thioether (sulfide) groups is 1. The summed E-state index contributed by atoms with van der Waals surface area (Å²) in [5.74, 6) is -0.172. The van der Waals surface area contributed by atoms with E-state index in [1.165, 1.54) is 23.8 Å². The summed E-state index contributed by atoms with van der Waals surface area (Å²) in [5.41, 5.74) is -0.664. The van der Waals surface area contributed by atoms with Gasteiger partial charge >= 0.3 is 12.1 Å². The molecule has 0 aliphatic carbocycles. The van der Waals surface area contributed by atoms with Crippen LogP contribution in [0, 0.1) is 0 Å². The quantitative estimate of drug-likeness (QED) is 0.688. The highest BCUT2D eigenvalue weighted by molar-refractivity contribution is 7.99. The minimum atomic E-state index is -1.15. The summed E-state index contributed by atoms with van der Waals surface area (Å²) < 4.78 is 9.82. The lowest BCUT2D eigenvalue weighted by atomic mass is 10.2. The molecule has 0 saturated carbocycles. The van der Waals surface area contributed by atoms with Crippen molar-refractivity contribution in [3.8, 4) is 0 Å². The van der Waals surface area contributed by atoms with Crippen molar-refractivity contribution in [3.63, 3.8) is 0 Å². The number of esters is 1. The fraction of sp³-hybridized carbons (Fsp3) is 0.786. The van der Waals surface area contributed by atoms with Crippen LogP contribution in [-0.2, 0) is 19.1 Å². The van der Waals surface area contributed by atoms with E-state index in [0.29, 0.717) is 18.1 Å². The van der Waals surface area contributed by atoms with Crippen LogP contribution in [0.15, 0.2) is 0 Å². The summed E-state index contributed by atoms with van der Waals surface area (Å²) in [4.78, 5) is 37.4. The predicted molar refractivity (Wildman–Crippen MR) is 85.1 cm³/mol. The molecule has 132 valence electrons. The molecule has 1 aliphatic heterocycles. The number of ether oxygens (including phenoxy) is 2. The summed E-state index contributed by atoms with van der Waals surface area (Å²) in [7, 11) is 1.17. The molecule has 23 heavy (non-hydrogen) atoms. The highest BCUT2D eigenvalue weighted by atomic mass is 32.2. The molecule has 1 unspecified atom stereocenters. The van der Waals surface area contributed by atoms with Gasteiger partial charge in [0.15, 0.2) is 6.04 Å². The Hall–Kier alpha value is -1.48. The van der Waals surface area contributed by atoms with Gasteiger partial charge in [-0.05, 0) is 20.8 Å². The third-order valence-corrected chi connectivity index (χ3v) is 4.07. The second-order valence-corrected chi connectivity index (χ2v) is 7.18. The van der Waals surface area contributed by atoms with Crippen LogP contribution in [0.1, 0.15) is 20.8 Å². The summed E-state index contributed by atoms with van der Waals surface area (Å²) >= 11 is 1.53. The van der Waals surface area contributed by atoms with Crippen LogP contribution in [0.25, 0.3) is 0 Å². The first-order valence-electron chi connectivity index (χ1n) is 7.26. The normalized spacial score (nSPS) is 19.7. The highest BCUT2D eigenvalue weighted by Crippen LogP contribution is 2.20. The lowest BCUT2D eigenvalue weighted by molar-refractivity contribution is -0.146. The van der Waals surface area contributed by atoms with Gasteiger partial charge in [0.05, 0.1) is 13.7 Å². The Morgan fingerprint density at radius 3 is 2.57 bits per heavy atom. The number of hydrogen-bond donors (Lipinski definition) is 2. The fourth-order valence-corrected chi connectivity index (χ4v) is 3.00. The van der Waals surface area contributed by atoms with Gasteiger partial charge in [0.1, 0.15) is 11.6 Å². The molecule has 2 atom stereocenters. The molecule has 1 saturated heterocycles. The molecule has 2 N–H and O–H groups in total. The van der Waals surface area contributed by atoms with Crippen LogP contribution < -0.4 is 5.32 Å². The van der Waals surface area contributed by atoms with E-state index in [-0.39, 0.29) is 0 Å². The minimum Gasteiger partial charge on any atom is -0.467 e. The van der Waals surface area contributed by atoms with Crippen molar-refractivity contribution >= 4 is 29.7 Å². The van der Waals surface area contributed by atoms with E-state index < -0.39 is 42.3 Å². The van der Waals surface area contributed by atoms with Crippen molar-refractivity contribution in [2.75, 3.05) is 31.8 Å². The lowest BCUT2D eigenvalue weighted by Crippen LogP contribution is -2.58. The monoisotopic (exact) mass is 348 g/mol. The topological polar surface area (TPSA) is 105 Å². The SMILES string of the molecule is COC(=O)[C@H](CO)NC(=O)C1CSCCN1C(=O)OC(C)(C)C. The van der Waals surface area contributed by atoms with Gasteiger partial charge in [-0.2, -0.15) is 11.8 Å². The first-order valence-corrected chi connectivity index (χ1v) is 8.41. The minimum absolute atomic E-state index is 0.375. The van der Waals surface area contributed by atoms with E-state index >= 15 is 0 Å². The number of nitrogens with zero attached hydrogens (tertiary/aromatic N) is 1. The Bertz CT molecular complexity index is 451. The number of carbonyl (C=O) groups excluding carboxylic acids is 3. The van der Waals surface area contributed by atoms with Gasteiger partial charge in [-0.1, -0.05) is 0 Å². The Balaban J connectivity index is 2.78. The van der Waals surface area contributed by atoms with Gasteiger partial charge in [-0.15, -0.1) is 0 Å². The largest absolute Gasteiger partial charge is 0.467 e. The van der Waals surface area contributed by atoms with E-state index in [0.717, 1.165) is 0 Å². The van der Waals surface area contributed by atoms with Gasteiger partial charge in [0.25, 0.3) is 0 Å². The van der Waals surface area contributed by atoms with Crippen molar-refractivity contribution in [3.05, 3.63) is 0 Å². The zero-order chi connectivity index (χ0) is 17.6. The van der Waals surface area contributed by atoms with Crippen LogP contribution in [0.2, 0.25) is 0 Å². The fourth-order valence-electron chi connectivity index (χ4n) is 1.95. The Morgan fingerprint density at radius 2 is 2.04 bits per heavy atom. The van der Waals surface area contributed by atoms with Gasteiger partial charge in [0.2, 0.25) is 5.91 Å². The number of methoxy groups -OCH3 is 1. The number of amides is 2. The second-order valence-electron chi connectivity index (χ2n) is 6.03. The van der Waals surface area contributed by atoms with E-state index in [2.05, 4.69) is 10.1 Å². The first-order chi connectivity index (χ1) is 10.7. The zero-order valence-electron chi connectivity index (χ0n) is 13.8. The van der Waals surface area contributed by atoms with Crippen molar-refractivity contribution in [2.24, 2.45) is 0 Å². The smallest absolute Gasteiger partial charge is 0.411 e. The number of carbonyl (C=O) groups is 3. The maximum Gasteiger partial charge on any atom is 0.411 e. The van der Waals surface area contributed by atoms with E-state index in [4.69, 9.17) is 4.74 Å². The number of rotatable bonds is 4. The third-order valence-electron chi connectivity index (χ3n) is 3.04. The predicted octanol–water partition coefficient (Wildman–Crippen LogP) is -0.0110. The van der Waals surface area contributed by atoms with E-state index in [1.807, 2.05) is 0 Å². The van der Waals surface area contributed by atoms with Crippen molar-refractivity contribution < 1.29 is 29.0 Å². The molecule has 1 heterocycles. The molecule has 8 nitrogen and oxygen atoms in total. The van der Waals surface area contributed by atoms with Gasteiger partial charge < -0.3 is 19.9 Å². The summed E-state index contributed by atoms with van der Waals surface area (Å²) in [5, 5.41) is 11.6. The van der Waals surface area contributed by atoms with Gasteiger partial charge in [0, 0.05) is 18.1 Å². The van der Waals surface area contributed by atoms with Crippen molar-refractivity contribution in [1.29, 1.82) is 0 Å². The van der Waals surface area contributed by atoms with E-state index in [9.17, 15) is 19.5 Å². The molecule has 0 bridgehead atoms. The number of aliphatic hydroxyl groups excluding tert-OH is 1. The van der Waals surface area contributed by atoms with Gasteiger partial charge in [-0.25, -0.2) is 9.59 Å². The summed E-state index contributed by atoms with van der Waals surface area (Å²) in [6, 6.07) is -1.91. The average molecular weight is 348 g/mol. The molecule has 0 aromatic heterocycles. The Morgan fingerprint density at radius 1 is 1.39 bits per heavy atom. The maximum absolute atomic E-state index is 12.4. The van der Waals surface area contributed by atoms with Crippen LogP contribution in [0.3, 0.4) is 0 Å². The summed E-state index contributed by atoms with van der Waals surface area (Å²) in [6.45, 7) is 5.04. The molecule has 1 rings (SSSR count).